The van der Waals surface area contributed by atoms with Crippen LogP contribution in [0.3, 0.4) is 0 Å². The second kappa shape index (κ2) is 9.40. The Hall–Kier alpha value is -3.29. The summed E-state index contributed by atoms with van der Waals surface area (Å²) in [6, 6.07) is 30.9. The number of anilines is 1. The van der Waals surface area contributed by atoms with Crippen LogP contribution >= 0.6 is 7.92 Å². The highest BCUT2D eigenvalue weighted by molar-refractivity contribution is 7.80. The first-order chi connectivity index (χ1) is 17.2. The first-order valence-corrected chi connectivity index (χ1v) is 13.7. The number of fused-ring (bicyclic) bond motifs is 2. The summed E-state index contributed by atoms with van der Waals surface area (Å²) in [5, 5.41) is 4.00. The third kappa shape index (κ3) is 3.98. The van der Waals surface area contributed by atoms with E-state index in [2.05, 4.69) is 104 Å². The lowest BCUT2D eigenvalue weighted by Gasteiger charge is -2.33. The minimum absolute atomic E-state index is 0.692. The fraction of sp³-hybridized carbons (Fsp3) is 0.226. The Labute approximate surface area is 209 Å². The van der Waals surface area contributed by atoms with Gasteiger partial charge in [0.1, 0.15) is 12.4 Å². The molecule has 3 nitrogen and oxygen atoms in total. The standard InChI is InChI=1S/C31H30NO2P/c1-22-15-17-26-31(34-21-19-32(26)2)28(22)29-27(18-16-23-10-9-20-33-30(23)29)35(24-11-5-3-6-12-24)25-13-7-4-8-14-25/h3-8,11-18H,9-10,19-21H2,1-2H3. The molecular weight excluding hydrogens is 449 g/mol. The second-order valence-electron chi connectivity index (χ2n) is 9.28. The van der Waals surface area contributed by atoms with E-state index in [9.17, 15) is 0 Å². The van der Waals surface area contributed by atoms with Crippen molar-refractivity contribution in [2.45, 2.75) is 19.8 Å². The van der Waals surface area contributed by atoms with E-state index in [0.29, 0.717) is 6.61 Å². The molecule has 0 radical (unpaired) electrons. The normalized spacial score (nSPS) is 14.7. The molecule has 0 amide bonds. The predicted molar refractivity (Wildman–Crippen MR) is 148 cm³/mol. The average molecular weight is 480 g/mol. The molecule has 0 saturated heterocycles. The molecule has 176 valence electrons. The number of likely N-dealkylation sites (N-methyl/N-ethyl adjacent to an activating group) is 1. The first kappa shape index (κ1) is 22.2. The summed E-state index contributed by atoms with van der Waals surface area (Å²) in [4.78, 5) is 2.30. The van der Waals surface area contributed by atoms with E-state index < -0.39 is 7.92 Å². The van der Waals surface area contributed by atoms with E-state index in [4.69, 9.17) is 9.47 Å². The summed E-state index contributed by atoms with van der Waals surface area (Å²) in [7, 11) is 1.36. The van der Waals surface area contributed by atoms with Crippen molar-refractivity contribution in [3.8, 4) is 22.6 Å². The molecule has 4 aromatic carbocycles. The van der Waals surface area contributed by atoms with Gasteiger partial charge in [0.05, 0.1) is 18.8 Å². The van der Waals surface area contributed by atoms with Gasteiger partial charge in [0.15, 0.2) is 5.75 Å². The lowest BCUT2D eigenvalue weighted by molar-refractivity contribution is 0.289. The number of nitrogens with zero attached hydrogens (tertiary/aromatic N) is 1. The van der Waals surface area contributed by atoms with E-state index in [1.165, 1.54) is 38.2 Å². The van der Waals surface area contributed by atoms with E-state index in [1.54, 1.807) is 0 Å². The maximum Gasteiger partial charge on any atom is 0.150 e. The SMILES string of the molecule is Cc1ccc2c(c1-c1c(P(c3ccccc3)c3ccccc3)ccc3c1OCCC3)OCCN2C. The zero-order chi connectivity index (χ0) is 23.8. The van der Waals surface area contributed by atoms with Crippen molar-refractivity contribution in [3.05, 3.63) is 96.1 Å². The summed E-state index contributed by atoms with van der Waals surface area (Å²) >= 11 is 0. The van der Waals surface area contributed by atoms with Gasteiger partial charge in [-0.05, 0) is 60.8 Å². The molecule has 0 aliphatic carbocycles. The van der Waals surface area contributed by atoms with E-state index in [-0.39, 0.29) is 0 Å². The first-order valence-electron chi connectivity index (χ1n) is 12.4. The van der Waals surface area contributed by atoms with Crippen molar-refractivity contribution in [1.29, 1.82) is 0 Å². The maximum absolute atomic E-state index is 6.49. The third-order valence-electron chi connectivity index (χ3n) is 7.00. The number of rotatable bonds is 4. The average Bonchev–Trinajstić information content (AvgIpc) is 2.90. The van der Waals surface area contributed by atoms with E-state index >= 15 is 0 Å². The van der Waals surface area contributed by atoms with Gasteiger partial charge >= 0.3 is 0 Å². The Morgan fingerprint density at radius 3 is 2.11 bits per heavy atom. The summed E-state index contributed by atoms with van der Waals surface area (Å²) < 4.78 is 12.9. The van der Waals surface area contributed by atoms with Crippen LogP contribution in [0.25, 0.3) is 11.1 Å². The van der Waals surface area contributed by atoms with E-state index in [0.717, 1.165) is 43.2 Å². The number of hydrogen-bond acceptors (Lipinski definition) is 3. The number of aryl methyl sites for hydroxylation is 2. The summed E-state index contributed by atoms with van der Waals surface area (Å²) in [5.74, 6) is 2.03. The van der Waals surface area contributed by atoms with Crippen molar-refractivity contribution in [2.24, 2.45) is 0 Å². The van der Waals surface area contributed by atoms with Gasteiger partial charge in [-0.3, -0.25) is 0 Å². The van der Waals surface area contributed by atoms with Crippen LogP contribution in [-0.4, -0.2) is 26.8 Å². The molecule has 35 heavy (non-hydrogen) atoms. The smallest absolute Gasteiger partial charge is 0.150 e. The molecule has 0 unspecified atom stereocenters. The summed E-state index contributed by atoms with van der Waals surface area (Å²) in [5.41, 5.74) is 6.07. The lowest BCUT2D eigenvalue weighted by atomic mass is 9.93. The predicted octanol–water partition coefficient (Wildman–Crippen LogP) is 5.57. The Bertz CT molecular complexity index is 1310. The zero-order valence-corrected chi connectivity index (χ0v) is 21.2. The molecule has 2 aliphatic rings. The highest BCUT2D eigenvalue weighted by Crippen LogP contribution is 2.50. The zero-order valence-electron chi connectivity index (χ0n) is 20.3. The van der Waals surface area contributed by atoms with Gasteiger partial charge in [0.25, 0.3) is 0 Å². The molecular formula is C31H30NO2P. The molecule has 0 fully saturated rings. The molecule has 4 aromatic rings. The Balaban J connectivity index is 1.68. The second-order valence-corrected chi connectivity index (χ2v) is 11.5. The van der Waals surface area contributed by atoms with Crippen molar-refractivity contribution in [1.82, 2.24) is 0 Å². The van der Waals surface area contributed by atoms with Crippen molar-refractivity contribution in [2.75, 3.05) is 31.7 Å². The summed E-state index contributed by atoms with van der Waals surface area (Å²) in [6.07, 6.45) is 2.11. The van der Waals surface area contributed by atoms with Crippen LogP contribution in [0.1, 0.15) is 17.5 Å². The molecule has 0 saturated carbocycles. The van der Waals surface area contributed by atoms with Crippen LogP contribution in [0.4, 0.5) is 5.69 Å². The minimum atomic E-state index is -0.792. The quantitative estimate of drug-likeness (QED) is 0.357. The molecule has 0 atom stereocenters. The van der Waals surface area contributed by atoms with Gasteiger partial charge in [0, 0.05) is 18.2 Å². The number of benzene rings is 4. The molecule has 0 aromatic heterocycles. The van der Waals surface area contributed by atoms with Crippen LogP contribution in [0.5, 0.6) is 11.5 Å². The molecule has 0 spiro atoms. The topological polar surface area (TPSA) is 21.7 Å². The van der Waals surface area contributed by atoms with Gasteiger partial charge in [-0.25, -0.2) is 0 Å². The van der Waals surface area contributed by atoms with Gasteiger partial charge in [-0.15, -0.1) is 0 Å². The van der Waals surface area contributed by atoms with Crippen molar-refractivity contribution < 1.29 is 9.47 Å². The van der Waals surface area contributed by atoms with Gasteiger partial charge in [-0.1, -0.05) is 78.9 Å². The highest BCUT2D eigenvalue weighted by Gasteiger charge is 2.30. The lowest BCUT2D eigenvalue weighted by Crippen LogP contribution is -2.30. The summed E-state index contributed by atoms with van der Waals surface area (Å²) in [6.45, 7) is 4.55. The molecule has 0 bridgehead atoms. The fourth-order valence-corrected chi connectivity index (χ4v) is 7.71. The molecule has 2 heterocycles. The molecule has 2 aliphatic heterocycles. The number of ether oxygens (including phenoxy) is 2. The van der Waals surface area contributed by atoms with Gasteiger partial charge in [0.2, 0.25) is 0 Å². The largest absolute Gasteiger partial charge is 0.493 e. The van der Waals surface area contributed by atoms with Crippen LogP contribution in [0.2, 0.25) is 0 Å². The molecule has 0 N–H and O–H groups in total. The van der Waals surface area contributed by atoms with Gasteiger partial charge < -0.3 is 14.4 Å². The van der Waals surface area contributed by atoms with E-state index in [1.807, 2.05) is 0 Å². The van der Waals surface area contributed by atoms with Gasteiger partial charge in [-0.2, -0.15) is 0 Å². The highest BCUT2D eigenvalue weighted by atomic mass is 31.1. The third-order valence-corrected chi connectivity index (χ3v) is 9.49. The van der Waals surface area contributed by atoms with Crippen LogP contribution in [0, 0.1) is 6.92 Å². The number of hydrogen-bond donors (Lipinski definition) is 0. The Morgan fingerprint density at radius 2 is 1.40 bits per heavy atom. The monoisotopic (exact) mass is 479 g/mol. The van der Waals surface area contributed by atoms with Crippen molar-refractivity contribution >= 4 is 29.5 Å². The van der Waals surface area contributed by atoms with Crippen LogP contribution in [-0.2, 0) is 6.42 Å². The Morgan fingerprint density at radius 1 is 0.714 bits per heavy atom. The fourth-order valence-electron chi connectivity index (χ4n) is 5.26. The minimum Gasteiger partial charge on any atom is -0.493 e. The molecule has 6 rings (SSSR count). The van der Waals surface area contributed by atoms with Crippen molar-refractivity contribution in [3.63, 3.8) is 0 Å². The van der Waals surface area contributed by atoms with Crippen LogP contribution < -0.4 is 30.3 Å². The Kier molecular flexibility index (Phi) is 5.96. The maximum atomic E-state index is 6.49. The van der Waals surface area contributed by atoms with Crippen LogP contribution in [0.15, 0.2) is 84.9 Å². The molecule has 4 heteroatoms.